The molecule has 1 aliphatic heterocycles. The topological polar surface area (TPSA) is 45.3 Å². The lowest BCUT2D eigenvalue weighted by molar-refractivity contribution is -0.129. The van der Waals surface area contributed by atoms with Crippen molar-refractivity contribution < 1.29 is 9.53 Å². The molecular weight excluding hydrogens is 312 g/mol. The summed E-state index contributed by atoms with van der Waals surface area (Å²) < 4.78 is 5.36. The lowest BCUT2D eigenvalue weighted by Gasteiger charge is -2.17. The lowest BCUT2D eigenvalue weighted by Crippen LogP contribution is -2.30. The van der Waals surface area contributed by atoms with Crippen molar-refractivity contribution in [1.29, 1.82) is 0 Å². The molecule has 2 aromatic carbocycles. The fraction of sp³-hybridized carbons (Fsp3) is 0.286. The van der Waals surface area contributed by atoms with Gasteiger partial charge in [0, 0.05) is 41.7 Å². The zero-order chi connectivity index (χ0) is 17.2. The fourth-order valence-corrected chi connectivity index (χ4v) is 3.80. The molecule has 0 bridgehead atoms. The number of aromatic amines is 1. The van der Waals surface area contributed by atoms with Crippen LogP contribution in [0, 0.1) is 0 Å². The predicted molar refractivity (Wildman–Crippen MR) is 98.9 cm³/mol. The van der Waals surface area contributed by atoms with E-state index in [-0.39, 0.29) is 5.91 Å². The number of nitrogens with one attached hydrogen (secondary N) is 1. The molecule has 0 spiro atoms. The molecule has 1 aliphatic rings. The Balaban J connectivity index is 1.48. The van der Waals surface area contributed by atoms with Gasteiger partial charge in [0.15, 0.2) is 0 Å². The summed E-state index contributed by atoms with van der Waals surface area (Å²) in [6.07, 6.45) is 3.51. The van der Waals surface area contributed by atoms with Gasteiger partial charge in [0.25, 0.3) is 0 Å². The largest absolute Gasteiger partial charge is 0.496 e. The minimum Gasteiger partial charge on any atom is -0.496 e. The highest BCUT2D eigenvalue weighted by Crippen LogP contribution is 2.33. The first-order valence-corrected chi connectivity index (χ1v) is 8.72. The number of amides is 1. The zero-order valence-corrected chi connectivity index (χ0v) is 14.4. The molecule has 1 atom stereocenters. The average Bonchev–Trinajstić information content (AvgIpc) is 3.29. The summed E-state index contributed by atoms with van der Waals surface area (Å²) in [5.74, 6) is 1.35. The number of hydrogen-bond donors (Lipinski definition) is 1. The molecule has 0 saturated carbocycles. The molecule has 128 valence electrons. The third-order valence-corrected chi connectivity index (χ3v) is 5.14. The number of benzene rings is 2. The normalized spacial score (nSPS) is 17.2. The predicted octanol–water partition coefficient (Wildman–Crippen LogP) is 3.74. The molecule has 1 fully saturated rings. The van der Waals surface area contributed by atoms with Crippen LogP contribution in [0.1, 0.15) is 23.5 Å². The minimum atomic E-state index is 0.173. The molecule has 4 nitrogen and oxygen atoms in total. The molecule has 0 aliphatic carbocycles. The molecule has 4 heteroatoms. The van der Waals surface area contributed by atoms with Crippen LogP contribution in [-0.2, 0) is 11.2 Å². The van der Waals surface area contributed by atoms with Crippen LogP contribution >= 0.6 is 0 Å². The number of hydrogen-bond acceptors (Lipinski definition) is 2. The van der Waals surface area contributed by atoms with Gasteiger partial charge < -0.3 is 14.6 Å². The summed E-state index contributed by atoms with van der Waals surface area (Å²) in [5.41, 5.74) is 3.44. The number of ether oxygens (including phenoxy) is 1. The Hall–Kier alpha value is -2.75. The van der Waals surface area contributed by atoms with Crippen molar-refractivity contribution in [3.63, 3.8) is 0 Å². The number of aromatic nitrogens is 1. The Morgan fingerprint density at radius 1 is 1.20 bits per heavy atom. The number of fused-ring (bicyclic) bond motifs is 1. The van der Waals surface area contributed by atoms with Crippen molar-refractivity contribution in [3.05, 3.63) is 65.9 Å². The highest BCUT2D eigenvalue weighted by molar-refractivity contribution is 5.84. The van der Waals surface area contributed by atoms with E-state index in [0.29, 0.717) is 12.3 Å². The van der Waals surface area contributed by atoms with Gasteiger partial charge in [-0.25, -0.2) is 0 Å². The Morgan fingerprint density at radius 2 is 2.00 bits per heavy atom. The Kier molecular flexibility index (Phi) is 4.18. The van der Waals surface area contributed by atoms with E-state index in [0.717, 1.165) is 36.3 Å². The Bertz CT molecular complexity index is 900. The van der Waals surface area contributed by atoms with Crippen molar-refractivity contribution in [1.82, 2.24) is 9.88 Å². The van der Waals surface area contributed by atoms with E-state index in [1.165, 1.54) is 10.9 Å². The second-order valence-corrected chi connectivity index (χ2v) is 6.60. The van der Waals surface area contributed by atoms with E-state index in [4.69, 9.17) is 4.74 Å². The molecule has 1 unspecified atom stereocenters. The monoisotopic (exact) mass is 334 g/mol. The van der Waals surface area contributed by atoms with Crippen molar-refractivity contribution in [2.75, 3.05) is 20.2 Å². The summed E-state index contributed by atoms with van der Waals surface area (Å²) in [7, 11) is 1.65. The quantitative estimate of drug-likeness (QED) is 0.790. The highest BCUT2D eigenvalue weighted by atomic mass is 16.5. The lowest BCUT2D eigenvalue weighted by atomic mass is 9.98. The van der Waals surface area contributed by atoms with Gasteiger partial charge in [-0.1, -0.05) is 36.4 Å². The van der Waals surface area contributed by atoms with Crippen molar-refractivity contribution in [3.8, 4) is 5.75 Å². The number of carbonyl (C=O) groups is 1. The van der Waals surface area contributed by atoms with Gasteiger partial charge in [0.2, 0.25) is 5.91 Å². The van der Waals surface area contributed by atoms with Crippen LogP contribution in [-0.4, -0.2) is 36.0 Å². The summed E-state index contributed by atoms with van der Waals surface area (Å²) >= 11 is 0. The molecular formula is C21H22N2O2. The fourth-order valence-electron chi connectivity index (χ4n) is 3.80. The summed E-state index contributed by atoms with van der Waals surface area (Å²) in [6.45, 7) is 1.61. The standard InChI is InChI=1S/C21H22N2O2/c1-25-20-9-5-2-6-15(20)12-21(24)23-11-10-16(14-23)18-13-22-19-8-4-3-7-17(18)19/h2-9,13,16,22H,10-12,14H2,1H3. The zero-order valence-electron chi connectivity index (χ0n) is 14.4. The van der Waals surface area contributed by atoms with Crippen LogP contribution in [0.3, 0.4) is 0 Å². The molecule has 1 amide bonds. The number of likely N-dealkylation sites (tertiary alicyclic amines) is 1. The third kappa shape index (κ3) is 3.00. The first kappa shape index (κ1) is 15.8. The molecule has 1 saturated heterocycles. The van der Waals surface area contributed by atoms with Crippen LogP contribution in [0.2, 0.25) is 0 Å². The van der Waals surface area contributed by atoms with Gasteiger partial charge in [-0.05, 0) is 24.1 Å². The molecule has 1 aromatic heterocycles. The minimum absolute atomic E-state index is 0.173. The van der Waals surface area contributed by atoms with E-state index in [1.54, 1.807) is 7.11 Å². The second-order valence-electron chi connectivity index (χ2n) is 6.60. The number of rotatable bonds is 4. The number of methoxy groups -OCH3 is 1. The van der Waals surface area contributed by atoms with Crippen LogP contribution in [0.15, 0.2) is 54.7 Å². The highest BCUT2D eigenvalue weighted by Gasteiger charge is 2.29. The molecule has 4 rings (SSSR count). The van der Waals surface area contributed by atoms with Crippen molar-refractivity contribution in [2.45, 2.75) is 18.8 Å². The third-order valence-electron chi connectivity index (χ3n) is 5.14. The van der Waals surface area contributed by atoms with Gasteiger partial charge in [-0.2, -0.15) is 0 Å². The maximum atomic E-state index is 12.7. The Morgan fingerprint density at radius 3 is 2.88 bits per heavy atom. The number of carbonyl (C=O) groups excluding carboxylic acids is 1. The van der Waals surface area contributed by atoms with Gasteiger partial charge in [-0.15, -0.1) is 0 Å². The van der Waals surface area contributed by atoms with E-state index in [9.17, 15) is 4.79 Å². The number of H-pyrrole nitrogens is 1. The van der Waals surface area contributed by atoms with Crippen LogP contribution in [0.25, 0.3) is 10.9 Å². The van der Waals surface area contributed by atoms with Crippen molar-refractivity contribution >= 4 is 16.8 Å². The molecule has 25 heavy (non-hydrogen) atoms. The van der Waals surface area contributed by atoms with E-state index in [1.807, 2.05) is 35.2 Å². The first-order chi connectivity index (χ1) is 12.3. The molecule has 2 heterocycles. The first-order valence-electron chi connectivity index (χ1n) is 8.72. The summed E-state index contributed by atoms with van der Waals surface area (Å²) in [6, 6.07) is 16.1. The number of nitrogens with zero attached hydrogens (tertiary/aromatic N) is 1. The molecule has 1 N–H and O–H groups in total. The second kappa shape index (κ2) is 6.63. The smallest absolute Gasteiger partial charge is 0.227 e. The van der Waals surface area contributed by atoms with Gasteiger partial charge in [0.05, 0.1) is 13.5 Å². The van der Waals surface area contributed by atoms with Gasteiger partial charge in [0.1, 0.15) is 5.75 Å². The maximum Gasteiger partial charge on any atom is 0.227 e. The SMILES string of the molecule is COc1ccccc1CC(=O)N1CCC(c2c[nH]c3ccccc23)C1. The van der Waals surface area contributed by atoms with Gasteiger partial charge in [-0.3, -0.25) is 4.79 Å². The van der Waals surface area contributed by atoms with E-state index in [2.05, 4.69) is 29.4 Å². The van der Waals surface area contributed by atoms with E-state index >= 15 is 0 Å². The van der Waals surface area contributed by atoms with Gasteiger partial charge >= 0.3 is 0 Å². The molecule has 3 aromatic rings. The van der Waals surface area contributed by atoms with Crippen molar-refractivity contribution in [2.24, 2.45) is 0 Å². The van der Waals surface area contributed by atoms with E-state index < -0.39 is 0 Å². The number of para-hydroxylation sites is 2. The average molecular weight is 334 g/mol. The Labute approximate surface area is 147 Å². The summed E-state index contributed by atoms with van der Waals surface area (Å²) in [4.78, 5) is 18.1. The van der Waals surface area contributed by atoms with Crippen LogP contribution in [0.5, 0.6) is 5.75 Å². The maximum absolute atomic E-state index is 12.7. The molecule has 0 radical (unpaired) electrons. The van der Waals surface area contributed by atoms with Crippen LogP contribution < -0.4 is 4.74 Å². The van der Waals surface area contributed by atoms with Crippen LogP contribution in [0.4, 0.5) is 0 Å². The summed E-state index contributed by atoms with van der Waals surface area (Å²) in [5, 5.41) is 1.27.